The zero-order chi connectivity index (χ0) is 19.4. The van der Waals surface area contributed by atoms with Crippen LogP contribution < -0.4 is 10.1 Å². The Labute approximate surface area is 168 Å². The minimum atomic E-state index is -0.216. The molecule has 1 N–H and O–H groups in total. The lowest BCUT2D eigenvalue weighted by Gasteiger charge is -2.33. The van der Waals surface area contributed by atoms with Crippen LogP contribution >= 0.6 is 23.2 Å². The van der Waals surface area contributed by atoms with E-state index in [9.17, 15) is 9.59 Å². The number of ether oxygens (including phenoxy) is 1. The normalized spacial score (nSPS) is 14.7. The van der Waals surface area contributed by atoms with Crippen molar-refractivity contribution < 1.29 is 14.3 Å². The van der Waals surface area contributed by atoms with Crippen molar-refractivity contribution in [3.63, 3.8) is 0 Å². The third kappa shape index (κ3) is 4.37. The van der Waals surface area contributed by atoms with Crippen LogP contribution in [0.4, 0.5) is 0 Å². The molecule has 2 amide bonds. The summed E-state index contributed by atoms with van der Waals surface area (Å²) < 4.78 is 5.27. The zero-order valence-electron chi connectivity index (χ0n) is 14.9. The van der Waals surface area contributed by atoms with E-state index in [0.717, 1.165) is 0 Å². The summed E-state index contributed by atoms with van der Waals surface area (Å²) in [7, 11) is 1.46. The van der Waals surface area contributed by atoms with Crippen molar-refractivity contribution in [2.75, 3.05) is 20.2 Å². The van der Waals surface area contributed by atoms with Crippen molar-refractivity contribution in [3.8, 4) is 5.75 Å². The van der Waals surface area contributed by atoms with Crippen molar-refractivity contribution in [1.82, 2.24) is 10.2 Å². The van der Waals surface area contributed by atoms with Crippen LogP contribution in [0.25, 0.3) is 0 Å². The van der Waals surface area contributed by atoms with Gasteiger partial charge in [-0.25, -0.2) is 0 Å². The fourth-order valence-corrected chi connectivity index (χ4v) is 3.64. The predicted octanol–water partition coefficient (Wildman–Crippen LogP) is 4.04. The van der Waals surface area contributed by atoms with E-state index in [2.05, 4.69) is 5.32 Å². The first-order valence-corrected chi connectivity index (χ1v) is 9.44. The van der Waals surface area contributed by atoms with E-state index in [1.807, 2.05) is 18.2 Å². The van der Waals surface area contributed by atoms with Gasteiger partial charge >= 0.3 is 0 Å². The van der Waals surface area contributed by atoms with E-state index >= 15 is 0 Å². The molecule has 142 valence electrons. The number of hydrogen-bond donors (Lipinski definition) is 1. The summed E-state index contributed by atoms with van der Waals surface area (Å²) in [6, 6.07) is 12.3. The van der Waals surface area contributed by atoms with Gasteiger partial charge in [0.2, 0.25) is 0 Å². The average molecular weight is 407 g/mol. The van der Waals surface area contributed by atoms with Gasteiger partial charge in [-0.1, -0.05) is 41.4 Å². The highest BCUT2D eigenvalue weighted by Crippen LogP contribution is 2.35. The first kappa shape index (κ1) is 19.5. The van der Waals surface area contributed by atoms with Crippen molar-refractivity contribution in [2.24, 2.45) is 0 Å². The minimum absolute atomic E-state index is 0.0264. The average Bonchev–Trinajstić information content (AvgIpc) is 2.70. The van der Waals surface area contributed by atoms with Gasteiger partial charge in [-0.15, -0.1) is 0 Å². The topological polar surface area (TPSA) is 58.6 Å². The van der Waals surface area contributed by atoms with E-state index in [1.54, 1.807) is 29.2 Å². The molecular formula is C20H20Cl2N2O3. The second kappa shape index (κ2) is 8.63. The second-order valence-corrected chi connectivity index (χ2v) is 7.16. The molecule has 2 aromatic carbocycles. The maximum Gasteiger partial charge on any atom is 0.259 e. The number of carbonyl (C=O) groups excluding carboxylic acids is 2. The Hall–Kier alpha value is -2.24. The van der Waals surface area contributed by atoms with Gasteiger partial charge < -0.3 is 15.0 Å². The Bertz CT molecular complexity index is 835. The summed E-state index contributed by atoms with van der Waals surface area (Å²) in [5, 5.41) is 3.68. The number of halogens is 2. The van der Waals surface area contributed by atoms with Crippen molar-refractivity contribution >= 4 is 35.0 Å². The second-order valence-electron chi connectivity index (χ2n) is 6.34. The molecule has 3 rings (SSSR count). The number of methoxy groups -OCH3 is 1. The molecule has 1 aliphatic heterocycles. The molecule has 0 aromatic heterocycles. The number of rotatable bonds is 4. The smallest absolute Gasteiger partial charge is 0.259 e. The predicted molar refractivity (Wildman–Crippen MR) is 106 cm³/mol. The van der Waals surface area contributed by atoms with Gasteiger partial charge in [0.25, 0.3) is 11.8 Å². The van der Waals surface area contributed by atoms with Crippen LogP contribution in [0.3, 0.4) is 0 Å². The third-order valence-electron chi connectivity index (χ3n) is 4.63. The third-order valence-corrected chi connectivity index (χ3v) is 5.24. The molecule has 1 aliphatic rings. The molecule has 0 unspecified atom stereocenters. The molecule has 27 heavy (non-hydrogen) atoms. The molecule has 0 saturated carbocycles. The van der Waals surface area contributed by atoms with Crippen LogP contribution in [0.5, 0.6) is 5.75 Å². The van der Waals surface area contributed by atoms with Gasteiger partial charge in [-0.2, -0.15) is 0 Å². The van der Waals surface area contributed by atoms with E-state index in [1.165, 1.54) is 7.11 Å². The number of likely N-dealkylation sites (tertiary alicyclic amines) is 1. The van der Waals surface area contributed by atoms with Crippen LogP contribution in [0.15, 0.2) is 42.5 Å². The summed E-state index contributed by atoms with van der Waals surface area (Å²) in [5.41, 5.74) is 0.907. The Morgan fingerprint density at radius 1 is 1.04 bits per heavy atom. The zero-order valence-corrected chi connectivity index (χ0v) is 16.4. The number of benzene rings is 2. The van der Waals surface area contributed by atoms with Crippen LogP contribution in [0.1, 0.15) is 33.6 Å². The number of nitrogens with zero attached hydrogens (tertiary/aromatic N) is 1. The molecule has 0 bridgehead atoms. The van der Waals surface area contributed by atoms with Gasteiger partial charge in [0, 0.05) is 24.7 Å². The first-order valence-electron chi connectivity index (χ1n) is 8.68. The fourth-order valence-electron chi connectivity index (χ4n) is 3.18. The summed E-state index contributed by atoms with van der Waals surface area (Å²) in [5.74, 6) is -0.0270. The Balaban J connectivity index is 1.64. The molecule has 0 radical (unpaired) electrons. The van der Waals surface area contributed by atoms with Crippen molar-refractivity contribution in [2.45, 2.75) is 18.9 Å². The summed E-state index contributed by atoms with van der Waals surface area (Å²) in [6.45, 7) is 1.04. The molecule has 1 saturated heterocycles. The van der Waals surface area contributed by atoms with Crippen molar-refractivity contribution in [3.05, 3.63) is 63.6 Å². The quantitative estimate of drug-likeness (QED) is 0.833. The lowest BCUT2D eigenvalue weighted by Crippen LogP contribution is -2.46. The molecule has 7 heteroatoms. The highest BCUT2D eigenvalue weighted by molar-refractivity contribution is 6.37. The monoisotopic (exact) mass is 406 g/mol. The van der Waals surface area contributed by atoms with Crippen LogP contribution in [-0.2, 0) is 0 Å². The van der Waals surface area contributed by atoms with Gasteiger partial charge in [-0.05, 0) is 37.1 Å². The Morgan fingerprint density at radius 2 is 1.67 bits per heavy atom. The minimum Gasteiger partial charge on any atom is -0.494 e. The van der Waals surface area contributed by atoms with Crippen LogP contribution in [-0.4, -0.2) is 43.0 Å². The fraction of sp³-hybridized carbons (Fsp3) is 0.300. The standard InChI is InChI=1S/C20H20Cl2N2O3/c1-27-18-16(22)8-7-15(21)17(18)20(26)24-11-9-14(10-12-24)23-19(25)13-5-3-2-4-6-13/h2-8,14H,9-12H2,1H3,(H,23,25). The largest absolute Gasteiger partial charge is 0.494 e. The van der Waals surface area contributed by atoms with Gasteiger partial charge in [0.1, 0.15) is 5.56 Å². The molecule has 0 spiro atoms. The number of amides is 2. The molecule has 1 fully saturated rings. The molecule has 5 nitrogen and oxygen atoms in total. The van der Waals surface area contributed by atoms with Gasteiger partial charge in [0.15, 0.2) is 5.75 Å². The van der Waals surface area contributed by atoms with E-state index in [4.69, 9.17) is 27.9 Å². The summed E-state index contributed by atoms with van der Waals surface area (Å²) in [4.78, 5) is 26.9. The lowest BCUT2D eigenvalue weighted by atomic mass is 10.0. The van der Waals surface area contributed by atoms with Crippen LogP contribution in [0, 0.1) is 0 Å². The Kier molecular flexibility index (Phi) is 6.24. The van der Waals surface area contributed by atoms with Crippen molar-refractivity contribution in [1.29, 1.82) is 0 Å². The molecule has 0 aliphatic carbocycles. The van der Waals surface area contributed by atoms with E-state index in [0.29, 0.717) is 41.5 Å². The molecular weight excluding hydrogens is 387 g/mol. The molecule has 2 aromatic rings. The SMILES string of the molecule is COc1c(Cl)ccc(Cl)c1C(=O)N1CCC(NC(=O)c2ccccc2)CC1. The highest BCUT2D eigenvalue weighted by atomic mass is 35.5. The number of piperidine rings is 1. The molecule has 0 atom stereocenters. The lowest BCUT2D eigenvalue weighted by molar-refractivity contribution is 0.0695. The van der Waals surface area contributed by atoms with Crippen LogP contribution in [0.2, 0.25) is 10.0 Å². The highest BCUT2D eigenvalue weighted by Gasteiger charge is 2.28. The summed E-state index contributed by atoms with van der Waals surface area (Å²) >= 11 is 12.3. The van der Waals surface area contributed by atoms with E-state index < -0.39 is 0 Å². The Morgan fingerprint density at radius 3 is 2.30 bits per heavy atom. The molecule has 1 heterocycles. The number of carbonyl (C=O) groups is 2. The van der Waals surface area contributed by atoms with Gasteiger partial charge in [0.05, 0.1) is 17.2 Å². The number of hydrogen-bond acceptors (Lipinski definition) is 3. The van der Waals surface area contributed by atoms with E-state index in [-0.39, 0.29) is 29.2 Å². The number of nitrogens with one attached hydrogen (secondary N) is 1. The van der Waals surface area contributed by atoms with Gasteiger partial charge in [-0.3, -0.25) is 9.59 Å². The maximum atomic E-state index is 12.9. The maximum absolute atomic E-state index is 12.9. The summed E-state index contributed by atoms with van der Waals surface area (Å²) in [6.07, 6.45) is 1.34. The first-order chi connectivity index (χ1) is 13.0.